The number of carbonyl (C=O) groups is 3. The van der Waals surface area contributed by atoms with E-state index in [1.807, 2.05) is 16.8 Å². The number of urea groups is 1. The van der Waals surface area contributed by atoms with Gasteiger partial charge in [0.05, 0.1) is 6.54 Å². The predicted octanol–water partition coefficient (Wildman–Crippen LogP) is 1.80. The van der Waals surface area contributed by atoms with E-state index in [0.717, 1.165) is 5.56 Å². The standard InChI is InChI=1S/C18H21N5O4S/c1-11-14(21-27-20-11)15(24)22-6-3-13(4-7-22)18(2)16(25)23(17(26)19-18)9-12-5-8-28-10-12/h5,8,10,13H,3-4,6-7,9H2,1-2H3,(H,19,26)/t18-/m1/s1. The van der Waals surface area contributed by atoms with Crippen LogP contribution in [-0.4, -0.2) is 56.6 Å². The van der Waals surface area contributed by atoms with Gasteiger partial charge in [-0.05, 0) is 60.2 Å². The maximum Gasteiger partial charge on any atom is 0.325 e. The summed E-state index contributed by atoms with van der Waals surface area (Å²) < 4.78 is 4.61. The Bertz CT molecular complexity index is 903. The van der Waals surface area contributed by atoms with Crippen molar-refractivity contribution in [1.82, 2.24) is 25.4 Å². The Morgan fingerprint density at radius 3 is 2.71 bits per heavy atom. The predicted molar refractivity (Wildman–Crippen MR) is 99.5 cm³/mol. The van der Waals surface area contributed by atoms with Crippen LogP contribution in [0.3, 0.4) is 0 Å². The molecule has 2 fully saturated rings. The van der Waals surface area contributed by atoms with Crippen molar-refractivity contribution in [2.75, 3.05) is 13.1 Å². The Labute approximate surface area is 165 Å². The minimum Gasteiger partial charge on any atom is -0.337 e. The van der Waals surface area contributed by atoms with Gasteiger partial charge in [-0.1, -0.05) is 5.16 Å². The van der Waals surface area contributed by atoms with E-state index in [2.05, 4.69) is 20.3 Å². The molecule has 2 aromatic rings. The van der Waals surface area contributed by atoms with Crippen LogP contribution in [-0.2, 0) is 11.3 Å². The average Bonchev–Trinajstić information content (AvgIpc) is 3.40. The van der Waals surface area contributed by atoms with E-state index in [1.165, 1.54) is 16.2 Å². The number of imide groups is 1. The lowest BCUT2D eigenvalue weighted by molar-refractivity contribution is -0.133. The molecule has 2 aliphatic heterocycles. The number of carbonyl (C=O) groups excluding carboxylic acids is 3. The molecule has 2 aromatic heterocycles. The van der Waals surface area contributed by atoms with Crippen molar-refractivity contribution in [2.45, 2.75) is 38.8 Å². The number of rotatable bonds is 4. The number of aromatic nitrogens is 2. The molecule has 0 bridgehead atoms. The highest BCUT2D eigenvalue weighted by Crippen LogP contribution is 2.34. The lowest BCUT2D eigenvalue weighted by Gasteiger charge is -2.38. The zero-order chi connectivity index (χ0) is 19.9. The Hall–Kier alpha value is -2.75. The summed E-state index contributed by atoms with van der Waals surface area (Å²) in [6.07, 6.45) is 1.23. The monoisotopic (exact) mass is 403 g/mol. The van der Waals surface area contributed by atoms with Crippen LogP contribution in [0.2, 0.25) is 0 Å². The summed E-state index contributed by atoms with van der Waals surface area (Å²) in [5.41, 5.74) is 0.668. The highest BCUT2D eigenvalue weighted by atomic mass is 32.1. The van der Waals surface area contributed by atoms with Crippen molar-refractivity contribution in [3.63, 3.8) is 0 Å². The van der Waals surface area contributed by atoms with Gasteiger partial charge in [0.15, 0.2) is 5.69 Å². The van der Waals surface area contributed by atoms with Gasteiger partial charge >= 0.3 is 6.03 Å². The Balaban J connectivity index is 1.42. The first-order valence-corrected chi connectivity index (χ1v) is 10.1. The van der Waals surface area contributed by atoms with E-state index in [4.69, 9.17) is 0 Å². The summed E-state index contributed by atoms with van der Waals surface area (Å²) in [5, 5.41) is 14.1. The van der Waals surface area contributed by atoms with Gasteiger partial charge in [0.1, 0.15) is 11.2 Å². The molecule has 28 heavy (non-hydrogen) atoms. The molecule has 1 atom stereocenters. The topological polar surface area (TPSA) is 109 Å². The van der Waals surface area contributed by atoms with Crippen LogP contribution in [0.15, 0.2) is 21.5 Å². The second-order valence-corrected chi connectivity index (χ2v) is 8.20. The van der Waals surface area contributed by atoms with Crippen molar-refractivity contribution in [3.8, 4) is 0 Å². The van der Waals surface area contributed by atoms with Crippen LogP contribution < -0.4 is 5.32 Å². The number of amides is 4. The molecule has 10 heteroatoms. The third-order valence-corrected chi connectivity index (χ3v) is 6.41. The van der Waals surface area contributed by atoms with Crippen LogP contribution in [0.5, 0.6) is 0 Å². The first-order valence-electron chi connectivity index (χ1n) is 9.14. The zero-order valence-electron chi connectivity index (χ0n) is 15.7. The molecule has 4 amide bonds. The van der Waals surface area contributed by atoms with Crippen molar-refractivity contribution in [3.05, 3.63) is 33.8 Å². The fourth-order valence-corrected chi connectivity index (χ4v) is 4.60. The molecule has 0 aliphatic carbocycles. The molecule has 9 nitrogen and oxygen atoms in total. The van der Waals surface area contributed by atoms with Gasteiger partial charge in [-0.2, -0.15) is 11.3 Å². The van der Waals surface area contributed by atoms with Gasteiger partial charge in [-0.3, -0.25) is 14.5 Å². The van der Waals surface area contributed by atoms with Gasteiger partial charge in [-0.25, -0.2) is 9.42 Å². The molecule has 4 rings (SSSR count). The Morgan fingerprint density at radius 2 is 2.11 bits per heavy atom. The summed E-state index contributed by atoms with van der Waals surface area (Å²) in [4.78, 5) is 41.0. The van der Waals surface area contributed by atoms with Gasteiger partial charge in [-0.15, -0.1) is 0 Å². The van der Waals surface area contributed by atoms with Gasteiger partial charge < -0.3 is 10.2 Å². The molecule has 148 valence electrons. The maximum absolute atomic E-state index is 13.0. The number of likely N-dealkylation sites (tertiary alicyclic amines) is 1. The summed E-state index contributed by atoms with van der Waals surface area (Å²) in [6, 6.07) is 1.55. The minimum absolute atomic E-state index is 0.0444. The number of hydrogen-bond acceptors (Lipinski definition) is 7. The molecule has 0 saturated carbocycles. The summed E-state index contributed by atoms with van der Waals surface area (Å²) >= 11 is 1.53. The second kappa shape index (κ2) is 7.01. The molecular formula is C18H21N5O4S. The molecule has 4 heterocycles. The van der Waals surface area contributed by atoms with Crippen molar-refractivity contribution >= 4 is 29.2 Å². The average molecular weight is 403 g/mol. The number of nitrogens with zero attached hydrogens (tertiary/aromatic N) is 4. The fraction of sp³-hybridized carbons (Fsp3) is 0.500. The SMILES string of the molecule is Cc1nonc1C(=O)N1CCC([C@@]2(C)NC(=O)N(Cc3ccsc3)C2=O)CC1. The van der Waals surface area contributed by atoms with E-state index in [9.17, 15) is 14.4 Å². The lowest BCUT2D eigenvalue weighted by atomic mass is 9.79. The molecule has 0 spiro atoms. The maximum atomic E-state index is 13.0. The Morgan fingerprint density at radius 1 is 1.36 bits per heavy atom. The van der Waals surface area contributed by atoms with Crippen LogP contribution >= 0.6 is 11.3 Å². The van der Waals surface area contributed by atoms with Gasteiger partial charge in [0.2, 0.25) is 0 Å². The van der Waals surface area contributed by atoms with Crippen LogP contribution in [0.25, 0.3) is 0 Å². The normalized spacial score (nSPS) is 23.4. The molecule has 2 aliphatic rings. The molecule has 0 radical (unpaired) electrons. The van der Waals surface area contributed by atoms with E-state index >= 15 is 0 Å². The zero-order valence-corrected chi connectivity index (χ0v) is 16.5. The quantitative estimate of drug-likeness (QED) is 0.780. The summed E-state index contributed by atoms with van der Waals surface area (Å²) in [7, 11) is 0. The molecule has 2 saturated heterocycles. The van der Waals surface area contributed by atoms with Crippen LogP contribution in [0.4, 0.5) is 4.79 Å². The number of thiophene rings is 1. The minimum atomic E-state index is -0.951. The molecule has 0 unspecified atom stereocenters. The fourth-order valence-electron chi connectivity index (χ4n) is 3.94. The Kier molecular flexibility index (Phi) is 4.66. The van der Waals surface area contributed by atoms with Crippen LogP contribution in [0.1, 0.15) is 41.5 Å². The van der Waals surface area contributed by atoms with Crippen molar-refractivity contribution in [2.24, 2.45) is 5.92 Å². The third-order valence-electron chi connectivity index (χ3n) is 5.68. The smallest absolute Gasteiger partial charge is 0.325 e. The number of piperidine rings is 1. The highest BCUT2D eigenvalue weighted by molar-refractivity contribution is 7.07. The van der Waals surface area contributed by atoms with E-state index < -0.39 is 5.54 Å². The van der Waals surface area contributed by atoms with E-state index in [1.54, 1.807) is 18.7 Å². The van der Waals surface area contributed by atoms with Crippen molar-refractivity contribution < 1.29 is 19.0 Å². The molecule has 1 N–H and O–H groups in total. The van der Waals surface area contributed by atoms with Crippen LogP contribution in [0, 0.1) is 12.8 Å². The van der Waals surface area contributed by atoms with Gasteiger partial charge in [0, 0.05) is 13.1 Å². The summed E-state index contributed by atoms with van der Waals surface area (Å²) in [5.74, 6) is -0.467. The number of nitrogens with one attached hydrogen (secondary N) is 1. The molecule has 0 aromatic carbocycles. The van der Waals surface area contributed by atoms with Gasteiger partial charge in [0.25, 0.3) is 11.8 Å². The first-order chi connectivity index (χ1) is 13.4. The number of hydrogen-bond donors (Lipinski definition) is 1. The summed E-state index contributed by atoms with van der Waals surface area (Å²) in [6.45, 7) is 4.71. The molecular weight excluding hydrogens is 382 g/mol. The van der Waals surface area contributed by atoms with E-state index in [-0.39, 0.29) is 36.0 Å². The third kappa shape index (κ3) is 3.07. The second-order valence-electron chi connectivity index (χ2n) is 7.42. The van der Waals surface area contributed by atoms with Crippen molar-refractivity contribution in [1.29, 1.82) is 0 Å². The largest absolute Gasteiger partial charge is 0.337 e. The lowest BCUT2D eigenvalue weighted by Crippen LogP contribution is -2.54. The number of aryl methyl sites for hydroxylation is 1. The van der Waals surface area contributed by atoms with E-state index in [0.29, 0.717) is 31.6 Å². The highest BCUT2D eigenvalue weighted by Gasteiger charge is 2.53. The first kappa shape index (κ1) is 18.6.